The van der Waals surface area contributed by atoms with Crippen molar-refractivity contribution >= 4 is 39.1 Å². The summed E-state index contributed by atoms with van der Waals surface area (Å²) in [5, 5.41) is 1.15. The Balaban J connectivity index is 1.58. The fraction of sp³-hybridized carbons (Fsp3) is 0.350. The molecule has 150 valence electrons. The van der Waals surface area contributed by atoms with Crippen molar-refractivity contribution in [1.82, 2.24) is 9.21 Å². The van der Waals surface area contributed by atoms with E-state index in [1.165, 1.54) is 16.4 Å². The molecule has 1 fully saturated rings. The molecule has 1 saturated heterocycles. The number of halogens is 2. The van der Waals surface area contributed by atoms with Gasteiger partial charge in [-0.1, -0.05) is 35.3 Å². The molecule has 0 aliphatic carbocycles. The van der Waals surface area contributed by atoms with E-state index in [1.807, 2.05) is 12.1 Å². The largest absolute Gasteiger partial charge is 0.341 e. The monoisotopic (exact) mass is 440 g/mol. The molecule has 2 aromatic rings. The molecule has 1 aliphatic heterocycles. The Morgan fingerprint density at radius 2 is 1.50 bits per heavy atom. The smallest absolute Gasteiger partial charge is 0.243 e. The summed E-state index contributed by atoms with van der Waals surface area (Å²) in [7, 11) is -1.79. The number of nitrogens with zero attached hydrogens (tertiary/aromatic N) is 2. The molecule has 5 nitrogen and oxygen atoms in total. The maximum absolute atomic E-state index is 12.8. The van der Waals surface area contributed by atoms with Crippen LogP contribution < -0.4 is 0 Å². The fourth-order valence-electron chi connectivity index (χ4n) is 3.35. The van der Waals surface area contributed by atoms with Gasteiger partial charge in [0, 0.05) is 42.6 Å². The van der Waals surface area contributed by atoms with Crippen molar-refractivity contribution in [3.8, 4) is 0 Å². The zero-order chi connectivity index (χ0) is 20.3. The number of benzene rings is 2. The van der Waals surface area contributed by atoms with Crippen LogP contribution in [0.4, 0.5) is 0 Å². The second-order valence-corrected chi connectivity index (χ2v) is 9.76. The highest BCUT2D eigenvalue weighted by atomic mass is 35.5. The number of hydrogen-bond donors (Lipinski definition) is 0. The van der Waals surface area contributed by atoms with Crippen LogP contribution in [-0.2, 0) is 21.4 Å². The van der Waals surface area contributed by atoms with Crippen LogP contribution in [-0.4, -0.2) is 43.7 Å². The SMILES string of the molecule is CN(Cc1ccc(Cl)cc1)C(=O)C1CCN(S(=O)(=O)c2ccc(Cl)cc2)CC1. The minimum absolute atomic E-state index is 0.0403. The molecule has 3 rings (SSSR count). The van der Waals surface area contributed by atoms with E-state index in [1.54, 1.807) is 36.2 Å². The Hall–Kier alpha value is -1.60. The van der Waals surface area contributed by atoms with Crippen molar-refractivity contribution in [2.24, 2.45) is 5.92 Å². The maximum atomic E-state index is 12.8. The molecule has 0 atom stereocenters. The quantitative estimate of drug-likeness (QED) is 0.704. The Bertz CT molecular complexity index is 923. The number of piperidine rings is 1. The van der Waals surface area contributed by atoms with Gasteiger partial charge in [-0.25, -0.2) is 8.42 Å². The summed E-state index contributed by atoms with van der Waals surface area (Å²) in [4.78, 5) is 14.7. The molecule has 1 amide bonds. The van der Waals surface area contributed by atoms with Gasteiger partial charge in [0.1, 0.15) is 0 Å². The van der Waals surface area contributed by atoms with E-state index in [2.05, 4.69) is 0 Å². The summed E-state index contributed by atoms with van der Waals surface area (Å²) >= 11 is 11.7. The lowest BCUT2D eigenvalue weighted by molar-refractivity contribution is -0.135. The first-order chi connectivity index (χ1) is 13.3. The van der Waals surface area contributed by atoms with E-state index in [0.29, 0.717) is 42.5 Å². The molecule has 0 aromatic heterocycles. The van der Waals surface area contributed by atoms with Gasteiger partial charge >= 0.3 is 0 Å². The Morgan fingerprint density at radius 3 is 2.04 bits per heavy atom. The van der Waals surface area contributed by atoms with Crippen LogP contribution in [0.1, 0.15) is 18.4 Å². The number of amides is 1. The number of carbonyl (C=O) groups excluding carboxylic acids is 1. The molecule has 0 radical (unpaired) electrons. The summed E-state index contributed by atoms with van der Waals surface area (Å²) in [5.41, 5.74) is 1.00. The molecule has 0 N–H and O–H groups in total. The van der Waals surface area contributed by atoms with Gasteiger partial charge in [0.15, 0.2) is 0 Å². The first-order valence-electron chi connectivity index (χ1n) is 9.02. The van der Waals surface area contributed by atoms with Crippen LogP contribution in [0.15, 0.2) is 53.4 Å². The van der Waals surface area contributed by atoms with Crippen molar-refractivity contribution in [2.45, 2.75) is 24.3 Å². The van der Waals surface area contributed by atoms with E-state index >= 15 is 0 Å². The number of rotatable bonds is 5. The summed E-state index contributed by atoms with van der Waals surface area (Å²) in [6, 6.07) is 13.5. The van der Waals surface area contributed by atoms with Crippen LogP contribution in [0.2, 0.25) is 10.0 Å². The lowest BCUT2D eigenvalue weighted by Gasteiger charge is -2.32. The van der Waals surface area contributed by atoms with Crippen molar-refractivity contribution in [2.75, 3.05) is 20.1 Å². The lowest BCUT2D eigenvalue weighted by atomic mass is 9.96. The molecule has 0 unspecified atom stereocenters. The molecule has 0 bridgehead atoms. The summed E-state index contributed by atoms with van der Waals surface area (Å²) in [6.07, 6.45) is 1.02. The molecule has 0 saturated carbocycles. The average Bonchev–Trinajstić information content (AvgIpc) is 2.69. The van der Waals surface area contributed by atoms with E-state index in [-0.39, 0.29) is 16.7 Å². The second-order valence-electron chi connectivity index (χ2n) is 6.95. The lowest BCUT2D eigenvalue weighted by Crippen LogP contribution is -2.43. The topological polar surface area (TPSA) is 57.7 Å². The first kappa shape index (κ1) is 21.1. The van der Waals surface area contributed by atoms with Crippen LogP contribution in [0.3, 0.4) is 0 Å². The molecular formula is C20H22Cl2N2O3S. The first-order valence-corrected chi connectivity index (χ1v) is 11.2. The van der Waals surface area contributed by atoms with Gasteiger partial charge in [-0.2, -0.15) is 4.31 Å². The molecule has 8 heteroatoms. The van der Waals surface area contributed by atoms with Gasteiger partial charge in [-0.05, 0) is 54.8 Å². The van der Waals surface area contributed by atoms with Crippen LogP contribution >= 0.6 is 23.2 Å². The Morgan fingerprint density at radius 1 is 1.00 bits per heavy atom. The molecule has 1 aliphatic rings. The Kier molecular flexibility index (Phi) is 6.65. The van der Waals surface area contributed by atoms with Crippen molar-refractivity contribution < 1.29 is 13.2 Å². The second kappa shape index (κ2) is 8.82. The fourth-order valence-corrected chi connectivity index (χ4v) is 5.07. The van der Waals surface area contributed by atoms with Crippen LogP contribution in [0.25, 0.3) is 0 Å². The Labute approximate surface area is 175 Å². The van der Waals surface area contributed by atoms with Gasteiger partial charge in [0.05, 0.1) is 4.90 Å². The highest BCUT2D eigenvalue weighted by Gasteiger charge is 2.33. The van der Waals surface area contributed by atoms with Gasteiger partial charge in [-0.15, -0.1) is 0 Å². The van der Waals surface area contributed by atoms with Gasteiger partial charge in [-0.3, -0.25) is 4.79 Å². The van der Waals surface area contributed by atoms with Crippen molar-refractivity contribution in [3.05, 3.63) is 64.1 Å². The number of hydrogen-bond acceptors (Lipinski definition) is 3. The third-order valence-electron chi connectivity index (χ3n) is 4.96. The van der Waals surface area contributed by atoms with Crippen LogP contribution in [0.5, 0.6) is 0 Å². The molecule has 0 spiro atoms. The summed E-state index contributed by atoms with van der Waals surface area (Å²) in [5.74, 6) is -0.132. The minimum atomic E-state index is -3.56. The highest BCUT2D eigenvalue weighted by molar-refractivity contribution is 7.89. The highest BCUT2D eigenvalue weighted by Crippen LogP contribution is 2.26. The number of sulfonamides is 1. The van der Waals surface area contributed by atoms with Crippen molar-refractivity contribution in [3.63, 3.8) is 0 Å². The van der Waals surface area contributed by atoms with Gasteiger partial charge in [0.25, 0.3) is 0 Å². The summed E-state index contributed by atoms with van der Waals surface area (Å²) < 4.78 is 27.0. The standard InChI is InChI=1S/C20H22Cl2N2O3S/c1-23(14-15-2-4-17(21)5-3-15)20(25)16-10-12-24(13-11-16)28(26,27)19-8-6-18(22)7-9-19/h2-9,16H,10-14H2,1H3. The van der Waals surface area contributed by atoms with E-state index in [9.17, 15) is 13.2 Å². The zero-order valence-corrected chi connectivity index (χ0v) is 17.8. The maximum Gasteiger partial charge on any atom is 0.243 e. The molecular weight excluding hydrogens is 419 g/mol. The van der Waals surface area contributed by atoms with Crippen molar-refractivity contribution in [1.29, 1.82) is 0 Å². The van der Waals surface area contributed by atoms with E-state index in [4.69, 9.17) is 23.2 Å². The third-order valence-corrected chi connectivity index (χ3v) is 7.38. The number of carbonyl (C=O) groups is 1. The summed E-state index contributed by atoms with van der Waals surface area (Å²) in [6.45, 7) is 1.16. The molecule has 28 heavy (non-hydrogen) atoms. The average molecular weight is 441 g/mol. The predicted octanol–water partition coefficient (Wildman–Crippen LogP) is 4.05. The molecule has 2 aromatic carbocycles. The van der Waals surface area contributed by atoms with Gasteiger partial charge < -0.3 is 4.90 Å². The van der Waals surface area contributed by atoms with E-state index < -0.39 is 10.0 Å². The zero-order valence-electron chi connectivity index (χ0n) is 15.5. The third kappa shape index (κ3) is 4.87. The predicted molar refractivity (Wildman–Crippen MR) is 111 cm³/mol. The van der Waals surface area contributed by atoms with Gasteiger partial charge in [0.2, 0.25) is 15.9 Å². The minimum Gasteiger partial charge on any atom is -0.341 e. The normalized spacial score (nSPS) is 16.1. The molecule has 1 heterocycles. The van der Waals surface area contributed by atoms with E-state index in [0.717, 1.165) is 5.56 Å². The van der Waals surface area contributed by atoms with Crippen LogP contribution in [0, 0.1) is 5.92 Å².